The lowest BCUT2D eigenvalue weighted by atomic mass is 10.1. The van der Waals surface area contributed by atoms with E-state index in [0.717, 1.165) is 12.8 Å². The molecule has 2 fully saturated rings. The van der Waals surface area contributed by atoms with Crippen LogP contribution in [0, 0.1) is 0 Å². The minimum atomic E-state index is -0.820. The summed E-state index contributed by atoms with van der Waals surface area (Å²) in [6.45, 7) is 1.51. The highest BCUT2D eigenvalue weighted by Gasteiger charge is 2.50. The molecule has 0 bridgehead atoms. The van der Waals surface area contributed by atoms with Gasteiger partial charge < -0.3 is 10.2 Å². The first-order valence-electron chi connectivity index (χ1n) is 9.87. The fourth-order valence-corrected chi connectivity index (χ4v) is 4.00. The lowest BCUT2D eigenvalue weighted by molar-refractivity contribution is -0.746. The van der Waals surface area contributed by atoms with Crippen molar-refractivity contribution in [1.82, 2.24) is 15.1 Å². The first-order valence-corrected chi connectivity index (χ1v) is 10.3. The molecule has 10 nitrogen and oxygen atoms in total. The molecule has 1 saturated heterocycles. The van der Waals surface area contributed by atoms with Gasteiger partial charge in [-0.3, -0.25) is 23.8 Å². The number of aryl methyl sites for hydroxylation is 1. The zero-order chi connectivity index (χ0) is 22.3. The molecule has 2 heterocycles. The number of anilines is 1. The first kappa shape index (κ1) is 20.9. The van der Waals surface area contributed by atoms with Gasteiger partial charge in [-0.15, -0.1) is 0 Å². The Kier molecular flexibility index (Phi) is 5.44. The van der Waals surface area contributed by atoms with E-state index in [9.17, 15) is 19.2 Å². The molecular formula is C20H22N5O5S+. The number of amides is 2. The van der Waals surface area contributed by atoms with Gasteiger partial charge in [-0.05, 0) is 61.5 Å². The second kappa shape index (κ2) is 8.06. The Bertz CT molecular complexity index is 1120. The molecule has 31 heavy (non-hydrogen) atoms. The summed E-state index contributed by atoms with van der Waals surface area (Å²) in [5, 5.41) is 5.51. The average molecular weight is 444 g/mol. The van der Waals surface area contributed by atoms with Gasteiger partial charge in [0.2, 0.25) is 5.91 Å². The highest BCUT2D eigenvalue weighted by Crippen LogP contribution is 2.34. The minimum Gasteiger partial charge on any atom is -0.326 e. The quantitative estimate of drug-likeness (QED) is 0.362. The topological polar surface area (TPSA) is 120 Å². The third kappa shape index (κ3) is 4.13. The molecule has 1 aromatic heterocycles. The van der Waals surface area contributed by atoms with Crippen molar-refractivity contribution < 1.29 is 23.6 Å². The monoisotopic (exact) mass is 444 g/mol. The SMILES string of the molecule is CC(=O)c1ccc(NC(=O)CC2C(=O)N(C3CC3)C(=S)N2Cc2c(=O)o[nH][n+]2C)cc1. The molecule has 2 N–H and O–H groups in total. The number of carbonyl (C=O) groups excluding carboxylic acids is 3. The van der Waals surface area contributed by atoms with Crippen molar-refractivity contribution in [1.29, 1.82) is 0 Å². The van der Waals surface area contributed by atoms with E-state index in [4.69, 9.17) is 16.7 Å². The number of benzene rings is 1. The standard InChI is InChI=1S/C20H21N5O5S/c1-11(26)12-3-5-13(6-4-12)21-17(27)9-15-18(28)25(14-7-8-14)20(31)24(15)10-16-19(29)30-22-23(16)2/h3-6,14-15H,7-10H2,1-2H3,(H-,21,22,26,27,29)/p+1. The molecule has 2 aromatic rings. The number of thiocarbonyl (C=S) groups is 1. The molecule has 1 aliphatic carbocycles. The number of hydrogen-bond donors (Lipinski definition) is 2. The normalized spacial score (nSPS) is 18.6. The Morgan fingerprint density at radius 3 is 2.48 bits per heavy atom. The van der Waals surface area contributed by atoms with Crippen LogP contribution in [0.2, 0.25) is 0 Å². The van der Waals surface area contributed by atoms with Gasteiger partial charge in [0.15, 0.2) is 17.9 Å². The van der Waals surface area contributed by atoms with Gasteiger partial charge in [0, 0.05) is 17.3 Å². The van der Waals surface area contributed by atoms with E-state index in [1.54, 1.807) is 41.1 Å². The molecule has 4 rings (SSSR count). The van der Waals surface area contributed by atoms with Gasteiger partial charge in [-0.25, -0.2) is 4.79 Å². The lowest BCUT2D eigenvalue weighted by Crippen LogP contribution is -2.44. The van der Waals surface area contributed by atoms with Crippen LogP contribution in [0.25, 0.3) is 0 Å². The fraction of sp³-hybridized carbons (Fsp3) is 0.400. The molecule has 1 aromatic carbocycles. The summed E-state index contributed by atoms with van der Waals surface area (Å²) in [6, 6.07) is 5.74. The van der Waals surface area contributed by atoms with Crippen molar-refractivity contribution in [3.8, 4) is 0 Å². The minimum absolute atomic E-state index is 0.0430. The smallest absolute Gasteiger partial charge is 0.326 e. The van der Waals surface area contributed by atoms with Crippen molar-refractivity contribution in [2.24, 2.45) is 7.05 Å². The number of aromatic amines is 1. The van der Waals surface area contributed by atoms with E-state index in [-0.39, 0.29) is 42.3 Å². The third-order valence-electron chi connectivity index (χ3n) is 5.45. The van der Waals surface area contributed by atoms with E-state index >= 15 is 0 Å². The Hall–Kier alpha value is -3.34. The Labute approximate surface area is 182 Å². The molecule has 1 unspecified atom stereocenters. The number of aromatic nitrogens is 2. The highest BCUT2D eigenvalue weighted by atomic mass is 32.1. The fourth-order valence-electron chi connectivity index (χ4n) is 3.57. The van der Waals surface area contributed by atoms with E-state index in [0.29, 0.717) is 16.4 Å². The molecule has 0 radical (unpaired) electrons. The average Bonchev–Trinajstić information content (AvgIpc) is 3.47. The van der Waals surface area contributed by atoms with Gasteiger partial charge in [0.05, 0.1) is 6.42 Å². The molecule has 2 aliphatic rings. The Morgan fingerprint density at radius 1 is 1.26 bits per heavy atom. The third-order valence-corrected chi connectivity index (χ3v) is 5.88. The second-order valence-electron chi connectivity index (χ2n) is 7.74. The molecule has 1 aliphatic heterocycles. The summed E-state index contributed by atoms with van der Waals surface area (Å²) in [5.41, 5.74) is 0.791. The van der Waals surface area contributed by atoms with Crippen LogP contribution in [0.4, 0.5) is 5.69 Å². The summed E-state index contributed by atoms with van der Waals surface area (Å²) in [5.74, 6) is -0.678. The first-order chi connectivity index (χ1) is 14.8. The summed E-state index contributed by atoms with van der Waals surface area (Å²) in [7, 11) is 1.62. The molecule has 2 amide bonds. The van der Waals surface area contributed by atoms with Crippen molar-refractivity contribution in [3.63, 3.8) is 0 Å². The maximum absolute atomic E-state index is 13.1. The summed E-state index contributed by atoms with van der Waals surface area (Å²) in [6.07, 6.45) is 1.60. The number of ketones is 1. The van der Waals surface area contributed by atoms with E-state index in [1.807, 2.05) is 0 Å². The number of Topliss-reactive ketones (excluding diaryl/α,β-unsaturated/α-hetero) is 1. The van der Waals surface area contributed by atoms with E-state index in [1.165, 1.54) is 11.6 Å². The van der Waals surface area contributed by atoms with Crippen LogP contribution in [0.1, 0.15) is 42.2 Å². The van der Waals surface area contributed by atoms with Crippen LogP contribution in [0.5, 0.6) is 0 Å². The van der Waals surface area contributed by atoms with Crippen LogP contribution in [0.15, 0.2) is 33.6 Å². The molecule has 1 saturated carbocycles. The van der Waals surface area contributed by atoms with Gasteiger partial charge >= 0.3 is 11.3 Å². The van der Waals surface area contributed by atoms with Crippen LogP contribution < -0.4 is 15.6 Å². The van der Waals surface area contributed by atoms with E-state index in [2.05, 4.69) is 10.6 Å². The zero-order valence-electron chi connectivity index (χ0n) is 17.1. The molecule has 0 spiro atoms. The van der Waals surface area contributed by atoms with Crippen molar-refractivity contribution in [2.75, 3.05) is 5.32 Å². The second-order valence-corrected chi connectivity index (χ2v) is 8.10. The van der Waals surface area contributed by atoms with Crippen molar-refractivity contribution >= 4 is 40.6 Å². The number of rotatable bonds is 7. The Balaban J connectivity index is 1.52. The zero-order valence-corrected chi connectivity index (χ0v) is 17.9. The number of carbonyl (C=O) groups is 3. The van der Waals surface area contributed by atoms with Crippen LogP contribution in [0.3, 0.4) is 0 Å². The Morgan fingerprint density at radius 2 is 1.94 bits per heavy atom. The summed E-state index contributed by atoms with van der Waals surface area (Å²) in [4.78, 5) is 52.3. The number of nitrogens with one attached hydrogen (secondary N) is 2. The molecular weight excluding hydrogens is 422 g/mol. The van der Waals surface area contributed by atoms with Gasteiger partial charge in [-0.2, -0.15) is 0 Å². The van der Waals surface area contributed by atoms with Crippen molar-refractivity contribution in [3.05, 3.63) is 45.9 Å². The maximum atomic E-state index is 13.1. The lowest BCUT2D eigenvalue weighted by Gasteiger charge is -2.21. The summed E-state index contributed by atoms with van der Waals surface area (Å²) < 4.78 is 6.21. The number of hydrogen-bond acceptors (Lipinski definition) is 6. The number of H-pyrrole nitrogens is 1. The van der Waals surface area contributed by atoms with Crippen LogP contribution >= 0.6 is 12.2 Å². The van der Waals surface area contributed by atoms with Crippen LogP contribution in [-0.4, -0.2) is 49.9 Å². The maximum Gasteiger partial charge on any atom is 0.431 e. The summed E-state index contributed by atoms with van der Waals surface area (Å²) >= 11 is 5.53. The predicted molar refractivity (Wildman–Crippen MR) is 112 cm³/mol. The molecule has 162 valence electrons. The van der Waals surface area contributed by atoms with Gasteiger partial charge in [0.1, 0.15) is 12.6 Å². The van der Waals surface area contributed by atoms with Gasteiger partial charge in [0.25, 0.3) is 5.91 Å². The predicted octanol–water partition coefficient (Wildman–Crippen LogP) is 0.484. The van der Waals surface area contributed by atoms with Crippen molar-refractivity contribution in [2.45, 2.75) is 44.8 Å². The molecule has 11 heteroatoms. The largest absolute Gasteiger partial charge is 0.431 e. The van der Waals surface area contributed by atoms with Crippen LogP contribution in [-0.2, 0) is 23.2 Å². The van der Waals surface area contributed by atoms with Gasteiger partial charge in [-0.1, -0.05) is 4.68 Å². The highest BCUT2D eigenvalue weighted by molar-refractivity contribution is 7.80. The number of nitrogens with zero attached hydrogens (tertiary/aromatic N) is 3. The molecule has 1 atom stereocenters. The van der Waals surface area contributed by atoms with E-state index < -0.39 is 11.7 Å².